The molecule has 0 fully saturated rings. The highest BCUT2D eigenvalue weighted by atomic mass is 14.9. The Labute approximate surface area is 177 Å². The number of hydrogen-bond acceptors (Lipinski definition) is 0. The number of aryl methyl sites for hydroxylation is 2. The Morgan fingerprint density at radius 1 is 0.967 bits per heavy atom. The topological polar surface area (TPSA) is 8.24 Å². The van der Waals surface area contributed by atoms with Crippen molar-refractivity contribution in [3.63, 3.8) is 0 Å². The first kappa shape index (κ1) is 17.5. The molecule has 142 valence electrons. The fraction of sp³-hybridized carbons (Fsp3) is 0.185. The Morgan fingerprint density at radius 2 is 1.77 bits per heavy atom. The molecule has 2 aliphatic heterocycles. The summed E-state index contributed by atoms with van der Waals surface area (Å²) in [6, 6.07) is 20.1. The third-order valence-corrected chi connectivity index (χ3v) is 7.10. The Balaban J connectivity index is 1.85. The first-order valence-corrected chi connectivity index (χ1v) is 10.5. The minimum absolute atomic E-state index is 0.227. The van der Waals surface area contributed by atoms with Gasteiger partial charge in [0.05, 0.1) is 0 Å². The lowest BCUT2D eigenvalue weighted by Crippen LogP contribution is -2.54. The van der Waals surface area contributed by atoms with Crippen molar-refractivity contribution in [2.75, 3.05) is 0 Å². The summed E-state index contributed by atoms with van der Waals surface area (Å²) in [5.41, 5.74) is 11.4. The van der Waals surface area contributed by atoms with Gasteiger partial charge in [0.25, 0.3) is 5.54 Å². The number of pyridine rings is 1. The predicted molar refractivity (Wildman–Crippen MR) is 125 cm³/mol. The number of rotatable bonds is 1. The van der Waals surface area contributed by atoms with Crippen LogP contribution < -0.4 is 21.0 Å². The minimum atomic E-state index is -0.545. The van der Waals surface area contributed by atoms with Crippen LogP contribution >= 0.6 is 0 Å². The van der Waals surface area contributed by atoms with Gasteiger partial charge < -0.3 is 4.85 Å². The van der Waals surface area contributed by atoms with Gasteiger partial charge in [-0.1, -0.05) is 53.4 Å². The third kappa shape index (κ3) is 2.01. The van der Waals surface area contributed by atoms with E-state index in [1.54, 1.807) is 0 Å². The first-order chi connectivity index (χ1) is 14.4. The van der Waals surface area contributed by atoms with Crippen molar-refractivity contribution in [3.05, 3.63) is 83.3 Å². The lowest BCUT2D eigenvalue weighted by Gasteiger charge is -2.25. The average molecular weight is 385 g/mol. The van der Waals surface area contributed by atoms with Gasteiger partial charge in [0, 0.05) is 36.4 Å². The molecule has 0 amide bonds. The summed E-state index contributed by atoms with van der Waals surface area (Å²) >= 11 is 0. The van der Waals surface area contributed by atoms with Crippen LogP contribution in [0.25, 0.3) is 38.0 Å². The van der Waals surface area contributed by atoms with Crippen molar-refractivity contribution in [1.82, 2.24) is 0 Å². The summed E-state index contributed by atoms with van der Waals surface area (Å²) in [6.45, 7) is 14.3. The van der Waals surface area contributed by atoms with Crippen LogP contribution in [0, 0.1) is 13.5 Å². The van der Waals surface area contributed by atoms with Crippen LogP contribution in [0.4, 0.5) is 0 Å². The summed E-state index contributed by atoms with van der Waals surface area (Å²) in [7, 11) is 2.15. The molecule has 6 rings (SSSR count). The van der Waals surface area contributed by atoms with Crippen molar-refractivity contribution < 1.29 is 4.57 Å². The van der Waals surface area contributed by atoms with E-state index in [-0.39, 0.29) is 6.71 Å². The molecule has 4 aromatic rings. The van der Waals surface area contributed by atoms with Gasteiger partial charge in [-0.25, -0.2) is 11.1 Å². The number of nitrogens with zero attached hydrogens (tertiary/aromatic N) is 2. The van der Waals surface area contributed by atoms with E-state index in [4.69, 9.17) is 6.57 Å². The SMILES string of the molecule is [C-]#[N+]C(C)(C)c1cc2c3c([n+](C)ccc3c1)-c1c(C)ccc3c1B2c1ccccc1-3. The van der Waals surface area contributed by atoms with Crippen LogP contribution in [-0.2, 0) is 12.6 Å². The normalized spacial score (nSPS) is 13.2. The maximum absolute atomic E-state index is 7.76. The van der Waals surface area contributed by atoms with Gasteiger partial charge in [0.2, 0.25) is 12.4 Å². The van der Waals surface area contributed by atoms with Crippen molar-refractivity contribution in [3.8, 4) is 22.4 Å². The van der Waals surface area contributed by atoms with Gasteiger partial charge in [0.1, 0.15) is 7.05 Å². The largest absolute Gasteiger partial charge is 0.306 e. The Bertz CT molecular complexity index is 1460. The Hall–Kier alpha value is -3.38. The van der Waals surface area contributed by atoms with Crippen LogP contribution in [-0.4, -0.2) is 6.71 Å². The van der Waals surface area contributed by atoms with Crippen LogP contribution in [0.2, 0.25) is 0 Å². The molecule has 3 aromatic carbocycles. The minimum Gasteiger partial charge on any atom is -0.306 e. The van der Waals surface area contributed by atoms with Crippen molar-refractivity contribution in [1.29, 1.82) is 0 Å². The molecule has 0 spiro atoms. The van der Waals surface area contributed by atoms with Gasteiger partial charge in [-0.15, -0.1) is 0 Å². The molecular formula is C27H22BN2+. The van der Waals surface area contributed by atoms with Crippen LogP contribution in [0.3, 0.4) is 0 Å². The molecule has 0 saturated heterocycles. The highest BCUT2D eigenvalue weighted by Crippen LogP contribution is 2.38. The maximum Gasteiger partial charge on any atom is 0.252 e. The molecule has 0 bridgehead atoms. The predicted octanol–water partition coefficient (Wildman–Crippen LogP) is 3.60. The molecule has 3 heteroatoms. The highest BCUT2D eigenvalue weighted by molar-refractivity contribution is 7.01. The zero-order valence-corrected chi connectivity index (χ0v) is 17.7. The summed E-state index contributed by atoms with van der Waals surface area (Å²) < 4.78 is 2.27. The van der Waals surface area contributed by atoms with Crippen molar-refractivity contribution >= 4 is 33.9 Å². The van der Waals surface area contributed by atoms with E-state index in [2.05, 4.69) is 84.2 Å². The lowest BCUT2D eigenvalue weighted by molar-refractivity contribution is -0.659. The lowest BCUT2D eigenvalue weighted by atomic mass is 9.35. The van der Waals surface area contributed by atoms with E-state index in [9.17, 15) is 0 Å². The highest BCUT2D eigenvalue weighted by Gasteiger charge is 2.44. The van der Waals surface area contributed by atoms with Gasteiger partial charge in [-0.2, -0.15) is 0 Å². The Morgan fingerprint density at radius 3 is 2.57 bits per heavy atom. The first-order valence-electron chi connectivity index (χ1n) is 10.5. The maximum atomic E-state index is 7.76. The Kier molecular flexibility index (Phi) is 3.27. The van der Waals surface area contributed by atoms with Crippen molar-refractivity contribution in [2.24, 2.45) is 7.05 Å². The molecule has 0 saturated carbocycles. The third-order valence-electron chi connectivity index (χ3n) is 7.10. The van der Waals surface area contributed by atoms with Crippen LogP contribution in [0.1, 0.15) is 25.0 Å². The summed E-state index contributed by atoms with van der Waals surface area (Å²) in [5.74, 6) is 0. The second-order valence-electron chi connectivity index (χ2n) is 9.21. The molecule has 2 nitrogen and oxygen atoms in total. The van der Waals surface area contributed by atoms with Gasteiger partial charge in [0.15, 0.2) is 6.20 Å². The zero-order chi connectivity index (χ0) is 20.8. The van der Waals surface area contributed by atoms with E-state index in [1.807, 2.05) is 13.8 Å². The summed E-state index contributed by atoms with van der Waals surface area (Å²) in [5, 5.41) is 2.56. The quantitative estimate of drug-likeness (QED) is 0.232. The molecule has 30 heavy (non-hydrogen) atoms. The molecule has 0 unspecified atom stereocenters. The molecule has 1 aromatic heterocycles. The van der Waals surface area contributed by atoms with E-state index < -0.39 is 5.54 Å². The van der Waals surface area contributed by atoms with Crippen LogP contribution in [0.5, 0.6) is 0 Å². The molecule has 0 aliphatic carbocycles. The molecule has 0 N–H and O–H groups in total. The fourth-order valence-corrected chi connectivity index (χ4v) is 5.53. The van der Waals surface area contributed by atoms with Gasteiger partial charge in [-0.05, 0) is 40.5 Å². The average Bonchev–Trinajstić information content (AvgIpc) is 3.09. The molecule has 0 atom stereocenters. The fourth-order valence-electron chi connectivity index (χ4n) is 5.53. The van der Waals surface area contributed by atoms with Gasteiger partial charge in [-0.3, -0.25) is 0 Å². The summed E-state index contributed by atoms with van der Waals surface area (Å²) in [4.78, 5) is 3.94. The number of fused-ring (bicyclic) bond motifs is 5. The molecule has 3 heterocycles. The summed E-state index contributed by atoms with van der Waals surface area (Å²) in [6.07, 6.45) is 2.16. The monoisotopic (exact) mass is 385 g/mol. The molecule has 2 aliphatic rings. The van der Waals surface area contributed by atoms with E-state index in [0.717, 1.165) is 5.56 Å². The molecule has 0 radical (unpaired) electrons. The van der Waals surface area contributed by atoms with Gasteiger partial charge >= 0.3 is 0 Å². The van der Waals surface area contributed by atoms with Crippen LogP contribution in [0.15, 0.2) is 60.8 Å². The smallest absolute Gasteiger partial charge is 0.252 e. The number of benzene rings is 3. The number of aromatic nitrogens is 1. The van der Waals surface area contributed by atoms with Crippen molar-refractivity contribution in [2.45, 2.75) is 26.3 Å². The standard InChI is InChI=1S/C27H22BN2/c1-16-10-11-20-19-8-6-7-9-21(19)28-22-15-18(27(2,3)29-4)14-17-12-13-30(5)26(24(17)22)23(16)25(20)28/h6-15H,1-3,5H3/q+1. The van der Waals surface area contributed by atoms with E-state index in [0.29, 0.717) is 0 Å². The number of hydrogen-bond donors (Lipinski definition) is 0. The van der Waals surface area contributed by atoms with E-state index >= 15 is 0 Å². The second-order valence-corrected chi connectivity index (χ2v) is 9.21. The second kappa shape index (κ2) is 5.61. The molecular weight excluding hydrogens is 363 g/mol. The van der Waals surface area contributed by atoms with E-state index in [1.165, 1.54) is 55.1 Å². The zero-order valence-electron chi connectivity index (χ0n) is 17.7.